The fourth-order valence-corrected chi connectivity index (χ4v) is 4.40. The molecule has 3 aromatic heterocycles. The highest BCUT2D eigenvalue weighted by molar-refractivity contribution is 6.21. The Morgan fingerprint density at radius 1 is 0.655 bits per heavy atom. The summed E-state index contributed by atoms with van der Waals surface area (Å²) in [5.41, 5.74) is 4.99. The molecule has 0 N–H and O–H groups in total. The van der Waals surface area contributed by atoms with Crippen LogP contribution in [0.2, 0.25) is 0 Å². The third-order valence-electron chi connectivity index (χ3n) is 5.54. The van der Waals surface area contributed by atoms with Crippen molar-refractivity contribution in [2.75, 3.05) is 0 Å². The largest absolute Gasteiger partial charge is 0.454 e. The van der Waals surface area contributed by atoms with E-state index in [1.165, 1.54) is 5.56 Å². The van der Waals surface area contributed by atoms with Crippen molar-refractivity contribution < 1.29 is 4.42 Å². The first-order valence-electron chi connectivity index (χ1n) is 9.65. The van der Waals surface area contributed by atoms with Crippen LogP contribution in [0.5, 0.6) is 0 Å². The van der Waals surface area contributed by atoms with Crippen LogP contribution in [0.25, 0.3) is 49.7 Å². The van der Waals surface area contributed by atoms with Gasteiger partial charge in [0.2, 0.25) is 5.95 Å². The molecule has 5 heteroatoms. The molecule has 0 spiro atoms. The molecule has 0 fully saturated rings. The predicted molar refractivity (Wildman–Crippen MR) is 116 cm³/mol. The van der Waals surface area contributed by atoms with E-state index in [0.29, 0.717) is 17.6 Å². The highest BCUT2D eigenvalue weighted by Gasteiger charge is 2.21. The maximum Gasteiger partial charge on any atom is 0.238 e. The summed E-state index contributed by atoms with van der Waals surface area (Å²) in [5.74, 6) is 2.03. The summed E-state index contributed by atoms with van der Waals surface area (Å²) >= 11 is 0. The standard InChI is InChI=1S/C24H18N4O/c1-13-7-6-9-17-18-11-12-19-16-8-4-5-10-20(16)29-23(19)22(18)28(21(13)17)24-26-14(2)25-15(3)27-24/h4-12H,1-3H3. The van der Waals surface area contributed by atoms with Crippen LogP contribution in [0.15, 0.2) is 59.0 Å². The summed E-state index contributed by atoms with van der Waals surface area (Å²) in [6, 6.07) is 18.8. The maximum absolute atomic E-state index is 6.37. The minimum absolute atomic E-state index is 0.622. The third kappa shape index (κ3) is 2.18. The predicted octanol–water partition coefficient (Wildman–Crippen LogP) is 5.79. The fraction of sp³-hybridized carbons (Fsp3) is 0.125. The van der Waals surface area contributed by atoms with E-state index in [1.54, 1.807) is 0 Å². The Balaban J connectivity index is 1.92. The molecule has 29 heavy (non-hydrogen) atoms. The first-order chi connectivity index (χ1) is 14.1. The van der Waals surface area contributed by atoms with E-state index in [2.05, 4.69) is 62.8 Å². The van der Waals surface area contributed by atoms with E-state index in [0.717, 1.165) is 43.7 Å². The molecule has 3 aromatic carbocycles. The van der Waals surface area contributed by atoms with Crippen LogP contribution in [0, 0.1) is 20.8 Å². The molecular formula is C24H18N4O. The molecule has 0 bridgehead atoms. The van der Waals surface area contributed by atoms with Crippen LogP contribution < -0.4 is 0 Å². The van der Waals surface area contributed by atoms with Crippen molar-refractivity contribution in [1.29, 1.82) is 0 Å². The van der Waals surface area contributed by atoms with Crippen molar-refractivity contribution in [3.63, 3.8) is 0 Å². The van der Waals surface area contributed by atoms with Gasteiger partial charge < -0.3 is 4.42 Å². The zero-order chi connectivity index (χ0) is 19.7. The van der Waals surface area contributed by atoms with Gasteiger partial charge in [-0.15, -0.1) is 0 Å². The molecule has 0 amide bonds. The van der Waals surface area contributed by atoms with E-state index in [9.17, 15) is 0 Å². The smallest absolute Gasteiger partial charge is 0.238 e. The SMILES string of the molecule is Cc1nc(C)nc(-n2c3c(C)cccc3c3ccc4c5ccccc5oc4c32)n1. The van der Waals surface area contributed by atoms with Crippen LogP contribution >= 0.6 is 0 Å². The lowest BCUT2D eigenvalue weighted by atomic mass is 10.1. The van der Waals surface area contributed by atoms with E-state index < -0.39 is 0 Å². The van der Waals surface area contributed by atoms with Gasteiger partial charge in [-0.2, -0.15) is 9.97 Å². The molecule has 0 saturated carbocycles. The van der Waals surface area contributed by atoms with Gasteiger partial charge >= 0.3 is 0 Å². The summed E-state index contributed by atoms with van der Waals surface area (Å²) in [5, 5.41) is 4.50. The highest BCUT2D eigenvalue weighted by atomic mass is 16.3. The van der Waals surface area contributed by atoms with Gasteiger partial charge in [-0.05, 0) is 38.5 Å². The summed E-state index contributed by atoms with van der Waals surface area (Å²) in [6.07, 6.45) is 0. The molecule has 5 nitrogen and oxygen atoms in total. The Morgan fingerprint density at radius 3 is 2.17 bits per heavy atom. The average molecular weight is 378 g/mol. The first kappa shape index (κ1) is 16.2. The van der Waals surface area contributed by atoms with E-state index in [-0.39, 0.29) is 0 Å². The van der Waals surface area contributed by atoms with Crippen LogP contribution in [0.1, 0.15) is 17.2 Å². The molecule has 3 heterocycles. The molecule has 0 radical (unpaired) electrons. The Bertz CT molecular complexity index is 1570. The van der Waals surface area contributed by atoms with Crippen molar-refractivity contribution in [2.45, 2.75) is 20.8 Å². The zero-order valence-electron chi connectivity index (χ0n) is 16.4. The highest BCUT2D eigenvalue weighted by Crippen LogP contribution is 2.40. The fourth-order valence-electron chi connectivity index (χ4n) is 4.40. The minimum atomic E-state index is 0.622. The number of hydrogen-bond acceptors (Lipinski definition) is 4. The maximum atomic E-state index is 6.37. The topological polar surface area (TPSA) is 56.7 Å². The third-order valence-corrected chi connectivity index (χ3v) is 5.54. The molecule has 0 atom stereocenters. The minimum Gasteiger partial charge on any atom is -0.454 e. The average Bonchev–Trinajstić information content (AvgIpc) is 3.24. The Morgan fingerprint density at radius 2 is 1.34 bits per heavy atom. The van der Waals surface area contributed by atoms with Crippen molar-refractivity contribution in [2.24, 2.45) is 0 Å². The summed E-state index contributed by atoms with van der Waals surface area (Å²) in [7, 11) is 0. The van der Waals surface area contributed by atoms with Crippen molar-refractivity contribution in [1.82, 2.24) is 19.5 Å². The van der Waals surface area contributed by atoms with Crippen molar-refractivity contribution >= 4 is 43.7 Å². The van der Waals surface area contributed by atoms with Gasteiger partial charge in [0.25, 0.3) is 0 Å². The molecule has 0 aliphatic carbocycles. The lowest BCUT2D eigenvalue weighted by Gasteiger charge is -2.09. The van der Waals surface area contributed by atoms with Gasteiger partial charge in [0.1, 0.15) is 22.7 Å². The molecule has 6 aromatic rings. The van der Waals surface area contributed by atoms with E-state index >= 15 is 0 Å². The van der Waals surface area contributed by atoms with Gasteiger partial charge in [0.15, 0.2) is 5.58 Å². The first-order valence-corrected chi connectivity index (χ1v) is 9.65. The number of fused-ring (bicyclic) bond motifs is 7. The van der Waals surface area contributed by atoms with Crippen LogP contribution in [-0.4, -0.2) is 19.5 Å². The molecular weight excluding hydrogens is 360 g/mol. The van der Waals surface area contributed by atoms with E-state index in [1.807, 2.05) is 32.0 Å². The van der Waals surface area contributed by atoms with Crippen molar-refractivity contribution in [3.05, 3.63) is 71.8 Å². The number of aryl methyl sites for hydroxylation is 3. The number of hydrogen-bond donors (Lipinski definition) is 0. The Kier molecular flexibility index (Phi) is 3.16. The van der Waals surface area contributed by atoms with Gasteiger partial charge in [-0.1, -0.05) is 42.5 Å². The quantitative estimate of drug-likeness (QED) is 0.363. The number of benzene rings is 3. The number of furan rings is 1. The monoisotopic (exact) mass is 378 g/mol. The zero-order valence-corrected chi connectivity index (χ0v) is 16.4. The second kappa shape index (κ2) is 5.64. The molecule has 0 unspecified atom stereocenters. The molecule has 140 valence electrons. The van der Waals surface area contributed by atoms with Gasteiger partial charge in [-0.3, -0.25) is 4.57 Å². The van der Waals surface area contributed by atoms with Crippen molar-refractivity contribution in [3.8, 4) is 5.95 Å². The second-order valence-corrected chi connectivity index (χ2v) is 7.47. The lowest BCUT2D eigenvalue weighted by Crippen LogP contribution is -2.06. The summed E-state index contributed by atoms with van der Waals surface area (Å²) in [4.78, 5) is 13.7. The molecule has 0 saturated heterocycles. The number of nitrogens with zero attached hydrogens (tertiary/aromatic N) is 4. The van der Waals surface area contributed by atoms with Gasteiger partial charge in [0.05, 0.1) is 5.52 Å². The van der Waals surface area contributed by atoms with Gasteiger partial charge in [0, 0.05) is 21.5 Å². The summed E-state index contributed by atoms with van der Waals surface area (Å²) < 4.78 is 8.50. The van der Waals surface area contributed by atoms with Crippen LogP contribution in [0.4, 0.5) is 0 Å². The number of aromatic nitrogens is 4. The Labute approximate surface area is 166 Å². The normalized spacial score (nSPS) is 12.0. The number of para-hydroxylation sites is 2. The lowest BCUT2D eigenvalue weighted by molar-refractivity contribution is 0.670. The van der Waals surface area contributed by atoms with Crippen LogP contribution in [-0.2, 0) is 0 Å². The van der Waals surface area contributed by atoms with E-state index in [4.69, 9.17) is 4.42 Å². The second-order valence-electron chi connectivity index (χ2n) is 7.47. The van der Waals surface area contributed by atoms with Crippen LogP contribution in [0.3, 0.4) is 0 Å². The molecule has 0 aliphatic heterocycles. The number of rotatable bonds is 1. The van der Waals surface area contributed by atoms with Gasteiger partial charge in [-0.25, -0.2) is 4.98 Å². The molecule has 0 aliphatic rings. The summed E-state index contributed by atoms with van der Waals surface area (Å²) in [6.45, 7) is 5.92. The molecule has 6 rings (SSSR count). The Hall–Kier alpha value is -3.73.